The Morgan fingerprint density at radius 1 is 1.31 bits per heavy atom. The number of piperidine rings is 1. The first-order valence-corrected chi connectivity index (χ1v) is 15.0. The van der Waals surface area contributed by atoms with Crippen LogP contribution in [0.4, 0.5) is 14.9 Å². The summed E-state index contributed by atoms with van der Waals surface area (Å²) in [5, 5.41) is 19.1. The van der Waals surface area contributed by atoms with E-state index in [1.165, 1.54) is 35.0 Å². The van der Waals surface area contributed by atoms with Gasteiger partial charge in [0.2, 0.25) is 0 Å². The van der Waals surface area contributed by atoms with E-state index in [1.807, 2.05) is 6.92 Å². The van der Waals surface area contributed by atoms with Crippen molar-refractivity contribution in [3.05, 3.63) is 58.4 Å². The molecule has 2 heterocycles. The molecule has 4 rings (SSSR count). The third-order valence-corrected chi connectivity index (χ3v) is 9.02. The molecule has 1 aromatic heterocycles. The molecule has 2 N–H and O–H groups in total. The first-order chi connectivity index (χ1) is 19.9. The second-order valence-electron chi connectivity index (χ2n) is 10.5. The van der Waals surface area contributed by atoms with Gasteiger partial charge in [0.25, 0.3) is 5.56 Å². The number of nitrogens with zero attached hydrogens (tertiary/aromatic N) is 5. The summed E-state index contributed by atoms with van der Waals surface area (Å²) in [5.74, 6) is -0.800. The molecule has 2 aromatic carbocycles. The van der Waals surface area contributed by atoms with E-state index in [0.29, 0.717) is 31.1 Å². The van der Waals surface area contributed by atoms with Crippen LogP contribution in [0.25, 0.3) is 10.9 Å². The molecule has 12 nitrogen and oxygen atoms in total. The average molecular weight is 601 g/mol. The normalized spacial score (nSPS) is 15.0. The number of hydrogen-bond acceptors (Lipinski definition) is 7. The Morgan fingerprint density at radius 3 is 2.67 bits per heavy atom. The zero-order valence-electron chi connectivity index (χ0n) is 23.6. The number of benzene rings is 2. The molecule has 224 valence electrons. The Bertz CT molecular complexity index is 1680. The molecule has 3 aromatic rings. The lowest BCUT2D eigenvalue weighted by Crippen LogP contribution is -2.38. The van der Waals surface area contributed by atoms with E-state index in [-0.39, 0.29) is 40.4 Å². The Kier molecular flexibility index (Phi) is 9.33. The number of rotatable bonds is 10. The van der Waals surface area contributed by atoms with E-state index in [0.717, 1.165) is 35.7 Å². The predicted molar refractivity (Wildman–Crippen MR) is 154 cm³/mol. The van der Waals surface area contributed by atoms with Crippen molar-refractivity contribution in [2.75, 3.05) is 31.4 Å². The van der Waals surface area contributed by atoms with Crippen LogP contribution in [-0.2, 0) is 16.8 Å². The van der Waals surface area contributed by atoms with Gasteiger partial charge in [-0.25, -0.2) is 14.2 Å². The van der Waals surface area contributed by atoms with Crippen LogP contribution < -0.4 is 15.0 Å². The summed E-state index contributed by atoms with van der Waals surface area (Å²) >= 11 is 0. The first kappa shape index (κ1) is 30.7. The number of nitriles is 1. The Labute approximate surface area is 243 Å². The summed E-state index contributed by atoms with van der Waals surface area (Å²) in [4.78, 5) is 30.3. The van der Waals surface area contributed by atoms with Crippen LogP contribution in [0.2, 0.25) is 0 Å². The van der Waals surface area contributed by atoms with Crippen molar-refractivity contribution in [2.24, 2.45) is 11.8 Å². The molecule has 0 bridgehead atoms. The van der Waals surface area contributed by atoms with E-state index in [4.69, 9.17) is 9.84 Å². The van der Waals surface area contributed by atoms with Gasteiger partial charge in [-0.05, 0) is 61.4 Å². The third-order valence-electron chi connectivity index (χ3n) is 7.46. The summed E-state index contributed by atoms with van der Waals surface area (Å²) < 4.78 is 50.4. The minimum Gasteiger partial charge on any atom is -0.465 e. The number of carbonyl (C=O) groups is 1. The zero-order chi connectivity index (χ0) is 30.6. The lowest BCUT2D eigenvalue weighted by Gasteiger charge is -2.31. The molecule has 1 saturated heterocycles. The van der Waals surface area contributed by atoms with Gasteiger partial charge in [-0.1, -0.05) is 13.8 Å². The fourth-order valence-corrected chi connectivity index (χ4v) is 5.97. The van der Waals surface area contributed by atoms with Gasteiger partial charge in [-0.3, -0.25) is 14.1 Å². The number of halogens is 1. The minimum atomic E-state index is -3.99. The van der Waals surface area contributed by atoms with Crippen LogP contribution in [0.1, 0.15) is 38.7 Å². The number of hydrogen-bond donors (Lipinski definition) is 2. The van der Waals surface area contributed by atoms with Gasteiger partial charge in [0, 0.05) is 33.2 Å². The van der Waals surface area contributed by atoms with Gasteiger partial charge in [0.1, 0.15) is 17.4 Å². The SMILES string of the molecule is CCN(C)S(=O)(=O)Nc1ccc(F)c(Oc2ccc3ncn(CC(C)CC4CCN(C(=O)O)CC4)c(=O)c3c2)c1C#N. The van der Waals surface area contributed by atoms with Crippen LogP contribution in [0, 0.1) is 29.0 Å². The van der Waals surface area contributed by atoms with Crippen LogP contribution >= 0.6 is 0 Å². The fraction of sp³-hybridized carbons (Fsp3) is 0.429. The van der Waals surface area contributed by atoms with Crippen molar-refractivity contribution >= 4 is 32.9 Å². The van der Waals surface area contributed by atoms with Crippen LogP contribution in [0.15, 0.2) is 41.5 Å². The molecule has 42 heavy (non-hydrogen) atoms. The lowest BCUT2D eigenvalue weighted by atomic mass is 9.88. The zero-order valence-corrected chi connectivity index (χ0v) is 24.4. The Balaban J connectivity index is 1.55. The maximum Gasteiger partial charge on any atom is 0.407 e. The minimum absolute atomic E-state index is 0.0680. The number of anilines is 1. The van der Waals surface area contributed by atoms with Crippen molar-refractivity contribution < 1.29 is 27.4 Å². The smallest absolute Gasteiger partial charge is 0.407 e. The summed E-state index contributed by atoms with van der Waals surface area (Å²) in [6, 6.07) is 8.37. The van der Waals surface area contributed by atoms with Gasteiger partial charge in [0.05, 0.1) is 22.9 Å². The molecule has 1 atom stereocenters. The highest BCUT2D eigenvalue weighted by Crippen LogP contribution is 2.34. The number of aromatic nitrogens is 2. The quantitative estimate of drug-likeness (QED) is 0.350. The van der Waals surface area contributed by atoms with E-state index in [2.05, 4.69) is 9.71 Å². The van der Waals surface area contributed by atoms with Crippen molar-refractivity contribution in [3.8, 4) is 17.6 Å². The van der Waals surface area contributed by atoms with Gasteiger partial charge in [0.15, 0.2) is 11.6 Å². The van der Waals surface area contributed by atoms with E-state index < -0.39 is 27.9 Å². The van der Waals surface area contributed by atoms with Crippen LogP contribution in [-0.4, -0.2) is 65.1 Å². The molecular weight excluding hydrogens is 567 g/mol. The van der Waals surface area contributed by atoms with E-state index in [1.54, 1.807) is 19.1 Å². The molecule has 1 aliphatic rings. The molecule has 1 unspecified atom stereocenters. The summed E-state index contributed by atoms with van der Waals surface area (Å²) in [5.41, 5.74) is -0.415. The molecule has 0 aliphatic carbocycles. The maximum absolute atomic E-state index is 14.8. The van der Waals surface area contributed by atoms with E-state index >= 15 is 0 Å². The number of carboxylic acid groups (broad SMARTS) is 1. The number of ether oxygens (including phenoxy) is 1. The highest BCUT2D eigenvalue weighted by Gasteiger charge is 2.25. The van der Waals surface area contributed by atoms with Crippen LogP contribution in [0.5, 0.6) is 11.5 Å². The molecule has 1 aliphatic heterocycles. The topological polar surface area (TPSA) is 158 Å². The van der Waals surface area contributed by atoms with Gasteiger partial charge >= 0.3 is 16.3 Å². The Hall–Kier alpha value is -4.22. The van der Waals surface area contributed by atoms with Crippen LogP contribution in [0.3, 0.4) is 0 Å². The summed E-state index contributed by atoms with van der Waals surface area (Å²) in [7, 11) is -2.63. The van der Waals surface area contributed by atoms with Crippen molar-refractivity contribution in [2.45, 2.75) is 39.7 Å². The Morgan fingerprint density at radius 2 is 2.02 bits per heavy atom. The first-order valence-electron chi connectivity index (χ1n) is 13.5. The standard InChI is InChI=1S/C28H33FN6O6S/c1-4-33(3)42(39,40)32-25-8-6-23(29)26(22(25)15-30)41-20-5-7-24-21(14-20)27(36)35(17-31-24)16-18(2)13-19-9-11-34(12-10-19)28(37)38/h5-8,14,17-19,32H,4,9-13,16H2,1-3H3,(H,37,38). The van der Waals surface area contributed by atoms with Gasteiger partial charge in [-0.15, -0.1) is 0 Å². The number of likely N-dealkylation sites (tertiary alicyclic amines) is 1. The highest BCUT2D eigenvalue weighted by atomic mass is 32.2. The van der Waals surface area contributed by atoms with Gasteiger partial charge in [-0.2, -0.15) is 18.0 Å². The summed E-state index contributed by atoms with van der Waals surface area (Å²) in [6.45, 7) is 5.27. The molecule has 1 amide bonds. The molecular formula is C28H33FN6O6S. The molecule has 0 spiro atoms. The molecule has 0 saturated carbocycles. The summed E-state index contributed by atoms with van der Waals surface area (Å²) in [6.07, 6.45) is 2.97. The second kappa shape index (κ2) is 12.7. The second-order valence-corrected chi connectivity index (χ2v) is 12.2. The molecule has 1 fully saturated rings. The van der Waals surface area contributed by atoms with E-state index in [9.17, 15) is 27.7 Å². The van der Waals surface area contributed by atoms with Gasteiger partial charge < -0.3 is 14.7 Å². The lowest BCUT2D eigenvalue weighted by molar-refractivity contribution is 0.119. The van der Waals surface area contributed by atoms with Crippen molar-refractivity contribution in [3.63, 3.8) is 0 Å². The monoisotopic (exact) mass is 600 g/mol. The van der Waals surface area contributed by atoms with Crippen molar-refractivity contribution in [1.82, 2.24) is 18.8 Å². The number of amides is 1. The maximum atomic E-state index is 14.8. The predicted octanol–water partition coefficient (Wildman–Crippen LogP) is 4.22. The largest absolute Gasteiger partial charge is 0.465 e. The number of nitrogens with one attached hydrogen (secondary N) is 1. The van der Waals surface area contributed by atoms with Crippen molar-refractivity contribution in [1.29, 1.82) is 5.26 Å². The molecule has 0 radical (unpaired) electrons. The average Bonchev–Trinajstić information content (AvgIpc) is 2.96. The highest BCUT2D eigenvalue weighted by molar-refractivity contribution is 7.90. The third kappa shape index (κ3) is 6.80. The fourth-order valence-electron chi connectivity index (χ4n) is 5.03. The number of fused-ring (bicyclic) bond motifs is 1. The molecule has 14 heteroatoms.